The van der Waals surface area contributed by atoms with Gasteiger partial charge in [0.2, 0.25) is 5.91 Å². The number of carbonyl (C=O) groups excluding carboxylic acids is 3. The molecule has 3 rings (SSSR count). The third-order valence-electron chi connectivity index (χ3n) is 5.00. The molecule has 1 aliphatic rings. The fraction of sp³-hybridized carbons (Fsp3) is 0.429. The zero-order chi connectivity index (χ0) is 21.7. The minimum Gasteiger partial charge on any atom is -0.496 e. The molecule has 0 bridgehead atoms. The SMILES string of the molecule is CCOC(=O)N1CCN(C(=O)CNC(=O)c2cc(OC)c3ccccc3n2)C(C)C1. The number of nitrogens with one attached hydrogen (secondary N) is 1. The summed E-state index contributed by atoms with van der Waals surface area (Å²) in [5, 5.41) is 3.44. The minimum atomic E-state index is -0.454. The van der Waals surface area contributed by atoms with Crippen molar-refractivity contribution in [2.24, 2.45) is 0 Å². The van der Waals surface area contributed by atoms with Crippen LogP contribution in [0.15, 0.2) is 30.3 Å². The molecule has 1 aromatic carbocycles. The highest BCUT2D eigenvalue weighted by Gasteiger charge is 2.30. The topological polar surface area (TPSA) is 101 Å². The Morgan fingerprint density at radius 2 is 2.00 bits per heavy atom. The van der Waals surface area contributed by atoms with Gasteiger partial charge in [0, 0.05) is 37.1 Å². The molecule has 1 N–H and O–H groups in total. The van der Waals surface area contributed by atoms with Crippen LogP contribution in [-0.2, 0) is 9.53 Å². The molecule has 2 heterocycles. The number of methoxy groups -OCH3 is 1. The van der Waals surface area contributed by atoms with Gasteiger partial charge in [0.05, 0.1) is 25.8 Å². The lowest BCUT2D eigenvalue weighted by molar-refractivity contribution is -0.134. The van der Waals surface area contributed by atoms with Crippen molar-refractivity contribution in [3.8, 4) is 5.75 Å². The van der Waals surface area contributed by atoms with E-state index in [4.69, 9.17) is 9.47 Å². The zero-order valence-corrected chi connectivity index (χ0v) is 17.4. The predicted octanol–water partition coefficient (Wildman–Crippen LogP) is 1.66. The summed E-state index contributed by atoms with van der Waals surface area (Å²) < 4.78 is 10.4. The molecule has 2 aromatic rings. The molecule has 9 nitrogen and oxygen atoms in total. The van der Waals surface area contributed by atoms with Gasteiger partial charge in [0.1, 0.15) is 11.4 Å². The van der Waals surface area contributed by atoms with Crippen molar-refractivity contribution in [2.75, 3.05) is 39.9 Å². The Hall–Kier alpha value is -3.36. The number of hydrogen-bond donors (Lipinski definition) is 1. The highest BCUT2D eigenvalue weighted by atomic mass is 16.6. The number of aromatic nitrogens is 1. The first-order valence-corrected chi connectivity index (χ1v) is 9.87. The van der Waals surface area contributed by atoms with Crippen LogP contribution < -0.4 is 10.1 Å². The summed E-state index contributed by atoms with van der Waals surface area (Å²) in [6, 6.07) is 8.74. The number of carbonyl (C=O) groups is 3. The molecule has 1 aliphatic heterocycles. The van der Waals surface area contributed by atoms with E-state index in [0.29, 0.717) is 37.5 Å². The van der Waals surface area contributed by atoms with Crippen molar-refractivity contribution >= 4 is 28.8 Å². The summed E-state index contributed by atoms with van der Waals surface area (Å²) in [5.74, 6) is -0.127. The number of piperazine rings is 1. The molecule has 0 saturated carbocycles. The van der Waals surface area contributed by atoms with Gasteiger partial charge in [-0.1, -0.05) is 12.1 Å². The van der Waals surface area contributed by atoms with E-state index in [9.17, 15) is 14.4 Å². The number of hydrogen-bond acceptors (Lipinski definition) is 6. The Morgan fingerprint density at radius 3 is 2.70 bits per heavy atom. The second-order valence-electron chi connectivity index (χ2n) is 6.99. The summed E-state index contributed by atoms with van der Waals surface area (Å²) in [5.41, 5.74) is 0.815. The van der Waals surface area contributed by atoms with Gasteiger partial charge in [-0.2, -0.15) is 0 Å². The van der Waals surface area contributed by atoms with E-state index in [-0.39, 0.29) is 30.3 Å². The second-order valence-corrected chi connectivity index (χ2v) is 6.99. The molecule has 0 aliphatic carbocycles. The molecule has 9 heteroatoms. The van der Waals surface area contributed by atoms with Gasteiger partial charge in [0.25, 0.3) is 5.91 Å². The lowest BCUT2D eigenvalue weighted by Gasteiger charge is -2.39. The molecule has 3 amide bonds. The Labute approximate surface area is 174 Å². The maximum atomic E-state index is 12.6. The Kier molecular flexibility index (Phi) is 6.71. The number of nitrogens with zero attached hydrogens (tertiary/aromatic N) is 3. The van der Waals surface area contributed by atoms with E-state index >= 15 is 0 Å². The van der Waals surface area contributed by atoms with Crippen LogP contribution in [-0.4, -0.2) is 78.6 Å². The van der Waals surface area contributed by atoms with Crippen LogP contribution >= 0.6 is 0 Å². The first kappa shape index (κ1) is 21.4. The van der Waals surface area contributed by atoms with Crippen LogP contribution in [0.5, 0.6) is 5.75 Å². The van der Waals surface area contributed by atoms with Gasteiger partial charge in [-0.05, 0) is 26.0 Å². The lowest BCUT2D eigenvalue weighted by atomic mass is 10.1. The van der Waals surface area contributed by atoms with E-state index in [2.05, 4.69) is 10.3 Å². The van der Waals surface area contributed by atoms with Gasteiger partial charge in [-0.3, -0.25) is 9.59 Å². The number of fused-ring (bicyclic) bond motifs is 1. The second kappa shape index (κ2) is 9.43. The summed E-state index contributed by atoms with van der Waals surface area (Å²) in [6.45, 7) is 4.95. The fourth-order valence-electron chi connectivity index (χ4n) is 3.49. The van der Waals surface area contributed by atoms with Crippen molar-refractivity contribution in [3.63, 3.8) is 0 Å². The molecule has 1 atom stereocenters. The van der Waals surface area contributed by atoms with Gasteiger partial charge in [-0.15, -0.1) is 0 Å². The van der Waals surface area contributed by atoms with Gasteiger partial charge in [0.15, 0.2) is 0 Å². The monoisotopic (exact) mass is 414 g/mol. The molecule has 1 saturated heterocycles. The average molecular weight is 414 g/mol. The van der Waals surface area contributed by atoms with E-state index in [1.54, 1.807) is 28.9 Å². The third-order valence-corrected chi connectivity index (χ3v) is 5.00. The van der Waals surface area contributed by atoms with Crippen LogP contribution in [0.3, 0.4) is 0 Å². The van der Waals surface area contributed by atoms with Crippen LogP contribution in [0.1, 0.15) is 24.3 Å². The van der Waals surface area contributed by atoms with Gasteiger partial charge >= 0.3 is 6.09 Å². The van der Waals surface area contributed by atoms with E-state index in [0.717, 1.165) is 5.39 Å². The maximum absolute atomic E-state index is 12.6. The smallest absolute Gasteiger partial charge is 0.409 e. The van der Waals surface area contributed by atoms with Crippen molar-refractivity contribution in [3.05, 3.63) is 36.0 Å². The largest absolute Gasteiger partial charge is 0.496 e. The lowest BCUT2D eigenvalue weighted by Crippen LogP contribution is -2.57. The van der Waals surface area contributed by atoms with Gasteiger partial charge < -0.3 is 24.6 Å². The molecule has 1 fully saturated rings. The number of para-hydroxylation sites is 1. The van der Waals surface area contributed by atoms with E-state index in [1.807, 2.05) is 25.1 Å². The van der Waals surface area contributed by atoms with Crippen LogP contribution in [0.4, 0.5) is 4.79 Å². The molecule has 0 radical (unpaired) electrons. The molecule has 1 aromatic heterocycles. The Bertz CT molecular complexity index is 948. The quantitative estimate of drug-likeness (QED) is 0.799. The molecular formula is C21H26N4O5. The number of pyridine rings is 1. The Balaban J connectivity index is 1.60. The summed E-state index contributed by atoms with van der Waals surface area (Å²) >= 11 is 0. The maximum Gasteiger partial charge on any atom is 0.409 e. The fourth-order valence-corrected chi connectivity index (χ4v) is 3.49. The Morgan fingerprint density at radius 1 is 1.23 bits per heavy atom. The van der Waals surface area contributed by atoms with Crippen molar-refractivity contribution in [2.45, 2.75) is 19.9 Å². The normalized spacial score (nSPS) is 16.3. The molecular weight excluding hydrogens is 388 g/mol. The average Bonchev–Trinajstić information content (AvgIpc) is 2.76. The van der Waals surface area contributed by atoms with Crippen molar-refractivity contribution in [1.29, 1.82) is 0 Å². The van der Waals surface area contributed by atoms with Crippen LogP contribution in [0.25, 0.3) is 10.9 Å². The molecule has 30 heavy (non-hydrogen) atoms. The highest BCUT2D eigenvalue weighted by molar-refractivity contribution is 5.98. The number of rotatable bonds is 5. The predicted molar refractivity (Wildman–Crippen MR) is 110 cm³/mol. The van der Waals surface area contributed by atoms with Gasteiger partial charge in [-0.25, -0.2) is 9.78 Å². The van der Waals surface area contributed by atoms with Crippen molar-refractivity contribution in [1.82, 2.24) is 20.1 Å². The third kappa shape index (κ3) is 4.61. The van der Waals surface area contributed by atoms with Crippen LogP contribution in [0.2, 0.25) is 0 Å². The minimum absolute atomic E-state index is 0.153. The summed E-state index contributed by atoms with van der Waals surface area (Å²) in [4.78, 5) is 44.6. The number of amides is 3. The summed E-state index contributed by atoms with van der Waals surface area (Å²) in [7, 11) is 1.53. The number of ether oxygens (including phenoxy) is 2. The van der Waals surface area contributed by atoms with E-state index < -0.39 is 5.91 Å². The number of benzene rings is 1. The first-order valence-electron chi connectivity index (χ1n) is 9.87. The van der Waals surface area contributed by atoms with E-state index in [1.165, 1.54) is 7.11 Å². The molecule has 1 unspecified atom stereocenters. The molecule has 0 spiro atoms. The zero-order valence-electron chi connectivity index (χ0n) is 17.4. The first-order chi connectivity index (χ1) is 14.4. The molecule has 160 valence electrons. The van der Waals surface area contributed by atoms with Crippen LogP contribution in [0, 0.1) is 0 Å². The summed E-state index contributed by atoms with van der Waals surface area (Å²) in [6.07, 6.45) is -0.374. The van der Waals surface area contributed by atoms with Crippen molar-refractivity contribution < 1.29 is 23.9 Å². The highest BCUT2D eigenvalue weighted by Crippen LogP contribution is 2.24. The standard InChI is InChI=1S/C21H26N4O5/c1-4-30-21(28)24-9-10-25(14(2)13-24)19(26)12-22-20(27)17-11-18(29-3)15-7-5-6-8-16(15)23-17/h5-8,11,14H,4,9-10,12-13H2,1-3H3,(H,22,27).